The SMILES string of the molecule is COC1OC2COC(c3ccccc3)OC2C(NC(C)=O)C1OS(C)(=O)=O. The summed E-state index contributed by atoms with van der Waals surface area (Å²) in [6, 6.07) is 8.48. The van der Waals surface area contributed by atoms with Crippen LogP contribution in [0, 0.1) is 0 Å². The molecule has 1 N–H and O–H groups in total. The molecule has 27 heavy (non-hydrogen) atoms. The van der Waals surface area contributed by atoms with E-state index in [4.69, 9.17) is 23.1 Å². The molecule has 9 nitrogen and oxygen atoms in total. The number of nitrogens with one attached hydrogen (secondary N) is 1. The molecule has 1 aromatic carbocycles. The predicted octanol–water partition coefficient (Wildman–Crippen LogP) is 0.321. The van der Waals surface area contributed by atoms with Crippen molar-refractivity contribution >= 4 is 16.0 Å². The number of amides is 1. The van der Waals surface area contributed by atoms with Crippen molar-refractivity contribution in [3.63, 3.8) is 0 Å². The largest absolute Gasteiger partial charge is 0.353 e. The number of hydrogen-bond acceptors (Lipinski definition) is 8. The first-order valence-electron chi connectivity index (χ1n) is 8.44. The van der Waals surface area contributed by atoms with E-state index >= 15 is 0 Å². The Hall–Kier alpha value is -1.56. The molecule has 0 saturated carbocycles. The van der Waals surface area contributed by atoms with Crippen molar-refractivity contribution in [3.8, 4) is 0 Å². The van der Waals surface area contributed by atoms with Crippen molar-refractivity contribution in [2.24, 2.45) is 0 Å². The Morgan fingerprint density at radius 1 is 1.22 bits per heavy atom. The van der Waals surface area contributed by atoms with Gasteiger partial charge in [0, 0.05) is 19.6 Å². The predicted molar refractivity (Wildman–Crippen MR) is 93.0 cm³/mol. The minimum absolute atomic E-state index is 0.186. The van der Waals surface area contributed by atoms with Crippen molar-refractivity contribution in [2.75, 3.05) is 20.0 Å². The molecule has 1 aromatic rings. The second-order valence-corrected chi connectivity index (χ2v) is 8.05. The van der Waals surface area contributed by atoms with Crippen LogP contribution in [-0.4, -0.2) is 64.9 Å². The van der Waals surface area contributed by atoms with Gasteiger partial charge in [-0.1, -0.05) is 30.3 Å². The van der Waals surface area contributed by atoms with Gasteiger partial charge in [0.2, 0.25) is 5.91 Å². The highest BCUT2D eigenvalue weighted by Gasteiger charge is 2.52. The van der Waals surface area contributed by atoms with Crippen LogP contribution in [-0.2, 0) is 38.0 Å². The van der Waals surface area contributed by atoms with Crippen LogP contribution in [0.2, 0.25) is 0 Å². The lowest BCUT2D eigenvalue weighted by atomic mass is 9.95. The van der Waals surface area contributed by atoms with E-state index in [2.05, 4.69) is 5.32 Å². The van der Waals surface area contributed by atoms with E-state index < -0.39 is 47.1 Å². The molecule has 2 aliphatic heterocycles. The third-order valence-electron chi connectivity index (χ3n) is 4.30. The van der Waals surface area contributed by atoms with Crippen molar-refractivity contribution < 1.29 is 36.3 Å². The number of fused-ring (bicyclic) bond motifs is 1. The fraction of sp³-hybridized carbons (Fsp3) is 0.588. The number of benzene rings is 1. The Morgan fingerprint density at radius 2 is 1.93 bits per heavy atom. The van der Waals surface area contributed by atoms with Crippen LogP contribution < -0.4 is 5.32 Å². The maximum Gasteiger partial charge on any atom is 0.264 e. The summed E-state index contributed by atoms with van der Waals surface area (Å²) >= 11 is 0. The van der Waals surface area contributed by atoms with Crippen molar-refractivity contribution in [1.82, 2.24) is 5.32 Å². The fourth-order valence-electron chi connectivity index (χ4n) is 3.27. The highest BCUT2D eigenvalue weighted by atomic mass is 32.2. The average Bonchev–Trinajstić information content (AvgIpc) is 2.62. The zero-order valence-corrected chi connectivity index (χ0v) is 16.0. The number of carbonyl (C=O) groups excluding carboxylic acids is 1. The van der Waals surface area contributed by atoms with Crippen LogP contribution in [0.4, 0.5) is 0 Å². The number of methoxy groups -OCH3 is 1. The lowest BCUT2D eigenvalue weighted by Crippen LogP contribution is -2.67. The molecule has 10 heteroatoms. The number of ether oxygens (including phenoxy) is 4. The number of hydrogen-bond donors (Lipinski definition) is 1. The summed E-state index contributed by atoms with van der Waals surface area (Å²) in [4.78, 5) is 11.8. The average molecular weight is 401 g/mol. The smallest absolute Gasteiger partial charge is 0.264 e. The summed E-state index contributed by atoms with van der Waals surface area (Å²) in [5, 5.41) is 2.72. The summed E-state index contributed by atoms with van der Waals surface area (Å²) in [6.07, 6.45) is -3.13. The van der Waals surface area contributed by atoms with Gasteiger partial charge >= 0.3 is 0 Å². The van der Waals surface area contributed by atoms with Gasteiger partial charge in [0.15, 0.2) is 18.7 Å². The normalized spacial score (nSPS) is 33.9. The van der Waals surface area contributed by atoms with E-state index in [9.17, 15) is 13.2 Å². The quantitative estimate of drug-likeness (QED) is 0.703. The van der Waals surface area contributed by atoms with Gasteiger partial charge in [-0.2, -0.15) is 8.42 Å². The monoisotopic (exact) mass is 401 g/mol. The zero-order valence-electron chi connectivity index (χ0n) is 15.2. The van der Waals surface area contributed by atoms with E-state index in [0.29, 0.717) is 0 Å². The van der Waals surface area contributed by atoms with Crippen molar-refractivity contribution in [1.29, 1.82) is 0 Å². The second-order valence-electron chi connectivity index (χ2n) is 6.45. The third-order valence-corrected chi connectivity index (χ3v) is 4.88. The summed E-state index contributed by atoms with van der Waals surface area (Å²) < 4.78 is 51.4. The molecule has 2 heterocycles. The van der Waals surface area contributed by atoms with Gasteiger partial charge in [0.1, 0.15) is 12.2 Å². The molecule has 6 unspecified atom stereocenters. The van der Waals surface area contributed by atoms with E-state index in [-0.39, 0.29) is 12.5 Å². The van der Waals surface area contributed by atoms with Crippen LogP contribution in [0.1, 0.15) is 18.8 Å². The lowest BCUT2D eigenvalue weighted by Gasteiger charge is -2.48. The first-order chi connectivity index (χ1) is 12.8. The fourth-order valence-corrected chi connectivity index (χ4v) is 3.88. The standard InChI is InChI=1S/C17H23NO8S/c1-10(19)18-13-14-12(24-17(22-2)15(13)26-27(3,20)21)9-23-16(25-14)11-7-5-4-6-8-11/h4-8,12-17H,9H2,1-3H3,(H,18,19). The van der Waals surface area contributed by atoms with Gasteiger partial charge in [-0.25, -0.2) is 0 Å². The summed E-state index contributed by atoms with van der Waals surface area (Å²) in [6.45, 7) is 1.52. The van der Waals surface area contributed by atoms with Gasteiger partial charge in [0.05, 0.1) is 18.9 Å². The van der Waals surface area contributed by atoms with E-state index in [1.54, 1.807) is 0 Å². The van der Waals surface area contributed by atoms with Crippen LogP contribution in [0.15, 0.2) is 30.3 Å². The van der Waals surface area contributed by atoms with Crippen LogP contribution in [0.5, 0.6) is 0 Å². The maximum absolute atomic E-state index is 11.8. The molecule has 0 aliphatic carbocycles. The Labute approximate surface area is 158 Å². The Bertz CT molecular complexity index is 755. The van der Waals surface area contributed by atoms with Gasteiger partial charge in [-0.15, -0.1) is 0 Å². The molecule has 0 bridgehead atoms. The van der Waals surface area contributed by atoms with Crippen LogP contribution in [0.25, 0.3) is 0 Å². The second kappa shape index (κ2) is 8.21. The van der Waals surface area contributed by atoms with Crippen molar-refractivity contribution in [2.45, 2.75) is 43.9 Å². The van der Waals surface area contributed by atoms with Gasteiger partial charge in [-0.3, -0.25) is 8.98 Å². The molecule has 2 aliphatic rings. The first-order valence-corrected chi connectivity index (χ1v) is 10.3. The minimum atomic E-state index is -3.84. The molecule has 0 radical (unpaired) electrons. The van der Waals surface area contributed by atoms with Gasteiger partial charge < -0.3 is 24.3 Å². The van der Waals surface area contributed by atoms with E-state index in [1.807, 2.05) is 30.3 Å². The Morgan fingerprint density at radius 3 is 2.52 bits per heavy atom. The summed E-state index contributed by atoms with van der Waals surface area (Å²) in [5.41, 5.74) is 0.798. The summed E-state index contributed by atoms with van der Waals surface area (Å²) in [5.74, 6) is -0.357. The highest BCUT2D eigenvalue weighted by Crippen LogP contribution is 2.35. The number of rotatable bonds is 5. The molecule has 2 fully saturated rings. The molecule has 6 atom stereocenters. The zero-order chi connectivity index (χ0) is 19.6. The van der Waals surface area contributed by atoms with Crippen LogP contribution in [0.3, 0.4) is 0 Å². The number of carbonyl (C=O) groups is 1. The molecule has 1 amide bonds. The molecular formula is C17H23NO8S. The topological polar surface area (TPSA) is 109 Å². The molecular weight excluding hydrogens is 378 g/mol. The van der Waals surface area contributed by atoms with E-state index in [1.165, 1.54) is 14.0 Å². The first kappa shape index (κ1) is 20.2. The third kappa shape index (κ3) is 4.84. The summed E-state index contributed by atoms with van der Waals surface area (Å²) in [7, 11) is -2.47. The molecule has 150 valence electrons. The van der Waals surface area contributed by atoms with Crippen LogP contribution >= 0.6 is 0 Å². The Kier molecular flexibility index (Phi) is 6.14. The Balaban J connectivity index is 1.89. The van der Waals surface area contributed by atoms with E-state index in [0.717, 1.165) is 11.8 Å². The minimum Gasteiger partial charge on any atom is -0.353 e. The molecule has 0 spiro atoms. The lowest BCUT2D eigenvalue weighted by molar-refractivity contribution is -0.337. The van der Waals surface area contributed by atoms with Gasteiger partial charge in [-0.05, 0) is 0 Å². The maximum atomic E-state index is 11.8. The molecule has 2 saturated heterocycles. The highest BCUT2D eigenvalue weighted by molar-refractivity contribution is 7.86. The molecule has 0 aromatic heterocycles. The van der Waals surface area contributed by atoms with Gasteiger partial charge in [0.25, 0.3) is 10.1 Å². The van der Waals surface area contributed by atoms with Crippen molar-refractivity contribution in [3.05, 3.63) is 35.9 Å². The molecule has 3 rings (SSSR count).